The standard InChI is InChI=1S/C33H59NO3/c1-7-19-34-31(35)37-21-20-36-26-15-17-32(5)25(22-26)11-12-27-29-14-13-28(24(4)10-8-9-23(2)3)33(29,6)18-16-30(27)32/h23-30H,7-22H2,1-6H3,(H,34,35)/t24-,25+,26-,27-,28+,29-,30-,32-,33+/m0/s1. The van der Waals surface area contributed by atoms with E-state index in [0.717, 1.165) is 47.8 Å². The number of amides is 1. The summed E-state index contributed by atoms with van der Waals surface area (Å²) in [7, 11) is 0. The van der Waals surface area contributed by atoms with Crippen LogP contribution in [0.15, 0.2) is 0 Å². The van der Waals surface area contributed by atoms with Crippen LogP contribution in [0.4, 0.5) is 4.79 Å². The maximum Gasteiger partial charge on any atom is 0.407 e. The van der Waals surface area contributed by atoms with E-state index in [1.54, 1.807) is 0 Å². The molecular formula is C33H59NO3. The van der Waals surface area contributed by atoms with Crippen molar-refractivity contribution in [2.45, 2.75) is 131 Å². The third kappa shape index (κ3) is 6.36. The smallest absolute Gasteiger partial charge is 0.407 e. The highest BCUT2D eigenvalue weighted by Gasteiger charge is 2.60. The van der Waals surface area contributed by atoms with Gasteiger partial charge in [0.05, 0.1) is 12.7 Å². The maximum atomic E-state index is 11.7. The zero-order chi connectivity index (χ0) is 26.6. The molecule has 4 rings (SSSR count). The van der Waals surface area contributed by atoms with E-state index in [0.29, 0.717) is 36.7 Å². The molecule has 4 nitrogen and oxygen atoms in total. The highest BCUT2D eigenvalue weighted by atomic mass is 16.6. The van der Waals surface area contributed by atoms with Gasteiger partial charge in [-0.2, -0.15) is 0 Å². The summed E-state index contributed by atoms with van der Waals surface area (Å²) in [4.78, 5) is 11.7. The molecule has 4 heteroatoms. The zero-order valence-corrected chi connectivity index (χ0v) is 25.2. The van der Waals surface area contributed by atoms with Crippen LogP contribution in [0.1, 0.15) is 125 Å². The number of nitrogens with one attached hydrogen (secondary N) is 1. The van der Waals surface area contributed by atoms with Gasteiger partial charge in [-0.25, -0.2) is 4.79 Å². The van der Waals surface area contributed by atoms with Gasteiger partial charge >= 0.3 is 6.09 Å². The van der Waals surface area contributed by atoms with Gasteiger partial charge in [0.1, 0.15) is 6.61 Å². The first kappa shape index (κ1) is 29.2. The molecule has 0 heterocycles. The van der Waals surface area contributed by atoms with Crippen molar-refractivity contribution in [1.29, 1.82) is 0 Å². The molecule has 4 aliphatic carbocycles. The van der Waals surface area contributed by atoms with Crippen molar-refractivity contribution in [1.82, 2.24) is 5.32 Å². The average Bonchev–Trinajstić information content (AvgIpc) is 3.22. The van der Waals surface area contributed by atoms with Crippen LogP contribution in [-0.2, 0) is 9.47 Å². The van der Waals surface area contributed by atoms with E-state index in [1.807, 2.05) is 6.92 Å². The van der Waals surface area contributed by atoms with E-state index in [9.17, 15) is 4.79 Å². The molecule has 0 unspecified atom stereocenters. The van der Waals surface area contributed by atoms with E-state index >= 15 is 0 Å². The highest BCUT2D eigenvalue weighted by molar-refractivity contribution is 5.66. The first-order chi connectivity index (χ1) is 17.7. The van der Waals surface area contributed by atoms with Crippen molar-refractivity contribution < 1.29 is 14.3 Å². The summed E-state index contributed by atoms with van der Waals surface area (Å²) in [6.07, 6.45) is 17.7. The summed E-state index contributed by atoms with van der Waals surface area (Å²) >= 11 is 0. The predicted molar refractivity (Wildman–Crippen MR) is 152 cm³/mol. The van der Waals surface area contributed by atoms with Gasteiger partial charge in [0.15, 0.2) is 0 Å². The Hall–Kier alpha value is -0.770. The molecular weight excluding hydrogens is 458 g/mol. The second-order valence-electron chi connectivity index (χ2n) is 14.5. The van der Waals surface area contributed by atoms with Gasteiger partial charge in [-0.1, -0.05) is 60.8 Å². The minimum Gasteiger partial charge on any atom is -0.447 e. The molecule has 1 amide bonds. The number of rotatable bonds is 11. The molecule has 0 aliphatic heterocycles. The molecule has 1 N–H and O–H groups in total. The lowest BCUT2D eigenvalue weighted by Crippen LogP contribution is -2.54. The normalized spacial score (nSPS) is 40.0. The van der Waals surface area contributed by atoms with Gasteiger partial charge in [-0.05, 0) is 116 Å². The van der Waals surface area contributed by atoms with Crippen LogP contribution in [0.2, 0.25) is 0 Å². The number of carbonyl (C=O) groups is 1. The summed E-state index contributed by atoms with van der Waals surface area (Å²) in [5.74, 6) is 6.34. The fourth-order valence-corrected chi connectivity index (χ4v) is 10.0. The van der Waals surface area contributed by atoms with Crippen LogP contribution >= 0.6 is 0 Å². The van der Waals surface area contributed by atoms with Crippen LogP contribution in [0.5, 0.6) is 0 Å². The Morgan fingerprint density at radius 1 is 0.919 bits per heavy atom. The maximum absolute atomic E-state index is 11.7. The van der Waals surface area contributed by atoms with Crippen LogP contribution in [0.3, 0.4) is 0 Å². The summed E-state index contributed by atoms with van der Waals surface area (Å²) in [6, 6.07) is 0. The largest absolute Gasteiger partial charge is 0.447 e. The molecule has 0 spiro atoms. The van der Waals surface area contributed by atoms with Gasteiger partial charge in [0, 0.05) is 6.54 Å². The molecule has 0 saturated heterocycles. The predicted octanol–water partition coefficient (Wildman–Crippen LogP) is 8.63. The minimum absolute atomic E-state index is 0.316. The Kier molecular flexibility index (Phi) is 9.95. The molecule has 0 radical (unpaired) electrons. The Balaban J connectivity index is 1.29. The first-order valence-corrected chi connectivity index (χ1v) is 16.2. The van der Waals surface area contributed by atoms with Crippen LogP contribution in [0.25, 0.3) is 0 Å². The van der Waals surface area contributed by atoms with Crippen molar-refractivity contribution in [3.63, 3.8) is 0 Å². The zero-order valence-electron chi connectivity index (χ0n) is 25.2. The first-order valence-electron chi connectivity index (χ1n) is 16.2. The lowest BCUT2D eigenvalue weighted by molar-refractivity contribution is -0.138. The number of alkyl carbamates (subject to hydrolysis) is 1. The highest BCUT2D eigenvalue weighted by Crippen LogP contribution is 2.68. The molecule has 9 atom stereocenters. The Morgan fingerprint density at radius 2 is 1.68 bits per heavy atom. The molecule has 0 aromatic heterocycles. The molecule has 0 bridgehead atoms. The number of fused-ring (bicyclic) bond motifs is 5. The summed E-state index contributed by atoms with van der Waals surface area (Å²) in [5.41, 5.74) is 1.09. The van der Waals surface area contributed by atoms with E-state index in [4.69, 9.17) is 9.47 Å². The average molecular weight is 518 g/mol. The van der Waals surface area contributed by atoms with Crippen LogP contribution < -0.4 is 5.32 Å². The van der Waals surface area contributed by atoms with E-state index in [2.05, 4.69) is 39.9 Å². The van der Waals surface area contributed by atoms with Gasteiger partial charge in [-0.15, -0.1) is 0 Å². The van der Waals surface area contributed by atoms with Crippen molar-refractivity contribution in [3.8, 4) is 0 Å². The van der Waals surface area contributed by atoms with Crippen molar-refractivity contribution in [2.24, 2.45) is 52.3 Å². The Bertz CT molecular complexity index is 739. The molecule has 4 saturated carbocycles. The van der Waals surface area contributed by atoms with Crippen molar-refractivity contribution in [3.05, 3.63) is 0 Å². The summed E-state index contributed by atoms with van der Waals surface area (Å²) < 4.78 is 11.5. The van der Waals surface area contributed by atoms with Crippen molar-refractivity contribution >= 4 is 6.09 Å². The molecule has 37 heavy (non-hydrogen) atoms. The van der Waals surface area contributed by atoms with E-state index in [-0.39, 0.29) is 6.09 Å². The molecule has 4 aliphatic rings. The van der Waals surface area contributed by atoms with Gasteiger partial charge in [0.25, 0.3) is 0 Å². The van der Waals surface area contributed by atoms with Crippen LogP contribution in [0, 0.1) is 52.3 Å². The number of carbonyl (C=O) groups excluding carboxylic acids is 1. The minimum atomic E-state index is -0.316. The summed E-state index contributed by atoms with van der Waals surface area (Å²) in [5, 5.41) is 2.76. The second kappa shape index (κ2) is 12.6. The Labute approximate surface area is 228 Å². The molecule has 4 fully saturated rings. The van der Waals surface area contributed by atoms with E-state index < -0.39 is 0 Å². The van der Waals surface area contributed by atoms with Gasteiger partial charge < -0.3 is 14.8 Å². The fraction of sp³-hybridized carbons (Fsp3) is 0.970. The second-order valence-corrected chi connectivity index (χ2v) is 14.5. The SMILES string of the molecule is CCCNC(=O)OCCO[C@H]1CC[C@@]2(C)[C@H](CC[C@@H]3[C@@H]2CC[C@]2(C)[C@@H]([C@@H](C)CCCC(C)C)CC[C@@H]32)C1. The lowest BCUT2D eigenvalue weighted by Gasteiger charge is -2.61. The topological polar surface area (TPSA) is 47.6 Å². The fourth-order valence-electron chi connectivity index (χ4n) is 10.0. The molecule has 0 aromatic carbocycles. The number of ether oxygens (including phenoxy) is 2. The number of hydrogen-bond acceptors (Lipinski definition) is 3. The van der Waals surface area contributed by atoms with Gasteiger partial charge in [0.2, 0.25) is 0 Å². The third-order valence-electron chi connectivity index (χ3n) is 12.0. The van der Waals surface area contributed by atoms with E-state index in [1.165, 1.54) is 77.0 Å². The van der Waals surface area contributed by atoms with Gasteiger partial charge in [-0.3, -0.25) is 0 Å². The van der Waals surface area contributed by atoms with Crippen molar-refractivity contribution in [2.75, 3.05) is 19.8 Å². The number of hydrogen-bond donors (Lipinski definition) is 1. The summed E-state index contributed by atoms with van der Waals surface area (Å²) in [6.45, 7) is 16.3. The third-order valence-corrected chi connectivity index (χ3v) is 12.0. The molecule has 214 valence electrons. The molecule has 0 aromatic rings. The monoisotopic (exact) mass is 517 g/mol. The quantitative estimate of drug-likeness (QED) is 0.279. The Morgan fingerprint density at radius 3 is 2.43 bits per heavy atom. The van der Waals surface area contributed by atoms with Crippen LogP contribution in [-0.4, -0.2) is 32.0 Å². The lowest BCUT2D eigenvalue weighted by atomic mass is 9.44.